The molecule has 0 fully saturated rings. The van der Waals surface area contributed by atoms with Gasteiger partial charge in [-0.1, -0.05) is 91.7 Å². The van der Waals surface area contributed by atoms with Crippen molar-refractivity contribution in [2.24, 2.45) is 5.92 Å². The number of sulfonamides is 1. The van der Waals surface area contributed by atoms with Gasteiger partial charge >= 0.3 is 0 Å². The number of rotatable bonds is 15. The van der Waals surface area contributed by atoms with Gasteiger partial charge in [-0.3, -0.25) is 24.0 Å². The third-order valence-electron chi connectivity index (χ3n) is 8.04. The van der Waals surface area contributed by atoms with Crippen LogP contribution in [0, 0.1) is 29.9 Å². The first-order chi connectivity index (χ1) is 23.7. The van der Waals surface area contributed by atoms with Crippen molar-refractivity contribution in [2.75, 3.05) is 24.5 Å². The molecule has 50 heavy (non-hydrogen) atoms. The Labute approximate surface area is 298 Å². The third kappa shape index (κ3) is 9.39. The summed E-state index contributed by atoms with van der Waals surface area (Å²) in [5.41, 5.74) is 2.27. The highest BCUT2D eigenvalue weighted by Crippen LogP contribution is 2.36. The van der Waals surface area contributed by atoms with Crippen LogP contribution in [0.5, 0.6) is 5.75 Å². The summed E-state index contributed by atoms with van der Waals surface area (Å²) in [6.07, 6.45) is 0.152. The molecule has 0 aromatic heterocycles. The van der Waals surface area contributed by atoms with E-state index in [4.69, 9.17) is 16.3 Å². The van der Waals surface area contributed by atoms with Crippen molar-refractivity contribution in [2.45, 2.75) is 51.6 Å². The highest BCUT2D eigenvalue weighted by atomic mass is 35.5. The number of nitrogens with zero attached hydrogens (tertiary/aromatic N) is 3. The topological polar surface area (TPSA) is 139 Å². The number of benzene rings is 4. The molecule has 0 saturated carbocycles. The SMILES string of the molecule is COc1ccc(Cl)cc1N(CC(=O)N(Cc1cccc(C)c1)[C@H](Cc1ccccc1)C(=O)NCC(C)C)S(=O)(=O)c1ccc(C)c([N+](=O)[O-])c1. The van der Waals surface area contributed by atoms with Crippen molar-refractivity contribution in [3.63, 3.8) is 0 Å². The second-order valence-corrected chi connectivity index (χ2v) is 14.7. The van der Waals surface area contributed by atoms with Crippen molar-refractivity contribution >= 4 is 44.8 Å². The predicted octanol–water partition coefficient (Wildman–Crippen LogP) is 6.48. The average molecular weight is 721 g/mol. The van der Waals surface area contributed by atoms with E-state index in [1.54, 1.807) is 0 Å². The first-order valence-corrected chi connectivity index (χ1v) is 17.8. The van der Waals surface area contributed by atoms with Gasteiger partial charge in [0.25, 0.3) is 15.7 Å². The molecule has 1 N–H and O–H groups in total. The molecule has 264 valence electrons. The van der Waals surface area contributed by atoms with Crippen molar-refractivity contribution in [3.05, 3.63) is 128 Å². The molecule has 0 aliphatic rings. The second kappa shape index (κ2) is 16.6. The molecule has 0 spiro atoms. The minimum Gasteiger partial charge on any atom is -0.495 e. The van der Waals surface area contributed by atoms with E-state index in [0.717, 1.165) is 27.1 Å². The van der Waals surface area contributed by atoms with Gasteiger partial charge in [0.05, 0.1) is 22.6 Å². The maximum absolute atomic E-state index is 14.7. The van der Waals surface area contributed by atoms with Gasteiger partial charge in [-0.25, -0.2) is 8.42 Å². The van der Waals surface area contributed by atoms with Gasteiger partial charge in [-0.15, -0.1) is 0 Å². The van der Waals surface area contributed by atoms with E-state index in [1.165, 1.54) is 49.3 Å². The van der Waals surface area contributed by atoms with Gasteiger partial charge in [-0.2, -0.15) is 0 Å². The summed E-state index contributed by atoms with van der Waals surface area (Å²) in [6, 6.07) is 23.5. The van der Waals surface area contributed by atoms with Gasteiger partial charge in [0.2, 0.25) is 11.8 Å². The summed E-state index contributed by atoms with van der Waals surface area (Å²) in [7, 11) is -3.33. The van der Waals surface area contributed by atoms with Crippen LogP contribution < -0.4 is 14.4 Å². The molecule has 0 aliphatic carbocycles. The van der Waals surface area contributed by atoms with E-state index in [2.05, 4.69) is 5.32 Å². The number of methoxy groups -OCH3 is 1. The molecule has 0 saturated heterocycles. The fourth-order valence-corrected chi connectivity index (χ4v) is 7.03. The Balaban J connectivity index is 1.89. The zero-order valence-corrected chi connectivity index (χ0v) is 30.2. The molecule has 0 aliphatic heterocycles. The summed E-state index contributed by atoms with van der Waals surface area (Å²) < 4.78 is 35.3. The maximum atomic E-state index is 14.7. The zero-order chi connectivity index (χ0) is 36.6. The first-order valence-electron chi connectivity index (χ1n) is 16.0. The number of carbonyl (C=O) groups is 2. The molecule has 0 radical (unpaired) electrons. The lowest BCUT2D eigenvalue weighted by Gasteiger charge is -2.34. The van der Waals surface area contributed by atoms with Crippen molar-refractivity contribution in [1.82, 2.24) is 10.2 Å². The molecule has 0 heterocycles. The minimum atomic E-state index is -4.67. The lowest BCUT2D eigenvalue weighted by Crippen LogP contribution is -2.53. The molecule has 0 bridgehead atoms. The number of halogens is 1. The van der Waals surface area contributed by atoms with Crippen molar-refractivity contribution in [3.8, 4) is 5.75 Å². The number of amides is 2. The van der Waals surface area contributed by atoms with E-state index in [0.29, 0.717) is 6.54 Å². The number of anilines is 1. The van der Waals surface area contributed by atoms with Gasteiger partial charge < -0.3 is 15.0 Å². The van der Waals surface area contributed by atoms with Gasteiger partial charge in [0.1, 0.15) is 18.3 Å². The number of nitrogens with one attached hydrogen (secondary N) is 1. The Morgan fingerprint density at radius 2 is 1.64 bits per heavy atom. The first kappa shape index (κ1) is 37.9. The minimum absolute atomic E-state index is 0.0102. The molecular weight excluding hydrogens is 680 g/mol. The van der Waals surface area contributed by atoms with Gasteiger partial charge in [0, 0.05) is 36.2 Å². The second-order valence-electron chi connectivity index (χ2n) is 12.4. The lowest BCUT2D eigenvalue weighted by atomic mass is 10.0. The number of ether oxygens (including phenoxy) is 1. The molecule has 4 aromatic rings. The molecule has 0 unspecified atom stereocenters. The summed E-state index contributed by atoms with van der Waals surface area (Å²) in [4.78, 5) is 40.8. The number of nitro benzene ring substituents is 1. The van der Waals surface area contributed by atoms with E-state index in [9.17, 15) is 28.1 Å². The quantitative estimate of drug-likeness (QED) is 0.110. The standard InChI is InChI=1S/C37H41ClN4O7S/c1-25(2)22-39-37(44)34(19-28-11-7-6-8-12-28)40(23-29-13-9-10-26(3)18-29)36(43)24-41(33-20-30(38)15-17-35(33)49-5)50(47,48)31-16-14-27(4)32(21-31)42(45)46/h6-18,20-21,25,34H,19,22-24H2,1-5H3,(H,39,44)/t34-/m1/s1. The Bertz CT molecular complexity index is 1950. The number of aryl methyl sites for hydroxylation is 2. The fourth-order valence-electron chi connectivity index (χ4n) is 5.43. The zero-order valence-electron chi connectivity index (χ0n) is 28.6. The summed E-state index contributed by atoms with van der Waals surface area (Å²) in [5.74, 6) is -0.869. The average Bonchev–Trinajstić information content (AvgIpc) is 3.07. The smallest absolute Gasteiger partial charge is 0.273 e. The molecule has 1 atom stereocenters. The Morgan fingerprint density at radius 3 is 2.28 bits per heavy atom. The van der Waals surface area contributed by atoms with Crippen molar-refractivity contribution in [1.29, 1.82) is 0 Å². The molecule has 11 nitrogen and oxygen atoms in total. The molecule has 4 aromatic carbocycles. The highest BCUT2D eigenvalue weighted by Gasteiger charge is 2.36. The van der Waals surface area contributed by atoms with E-state index >= 15 is 0 Å². The van der Waals surface area contributed by atoms with Crippen LogP contribution in [0.2, 0.25) is 5.02 Å². The summed E-state index contributed by atoms with van der Waals surface area (Å²) >= 11 is 6.35. The Hall–Kier alpha value is -4.94. The summed E-state index contributed by atoms with van der Waals surface area (Å²) in [5, 5.41) is 14.9. The van der Waals surface area contributed by atoms with Crippen LogP contribution in [-0.4, -0.2) is 56.3 Å². The molecule has 4 rings (SSSR count). The van der Waals surface area contributed by atoms with Crippen LogP contribution >= 0.6 is 11.6 Å². The van der Waals surface area contributed by atoms with Crippen LogP contribution in [0.25, 0.3) is 0 Å². The largest absolute Gasteiger partial charge is 0.495 e. The van der Waals surface area contributed by atoms with Crippen LogP contribution in [-0.2, 0) is 32.6 Å². The van der Waals surface area contributed by atoms with Crippen LogP contribution in [0.4, 0.5) is 11.4 Å². The predicted molar refractivity (Wildman–Crippen MR) is 194 cm³/mol. The molecule has 13 heteroatoms. The van der Waals surface area contributed by atoms with Gasteiger partial charge in [0.15, 0.2) is 0 Å². The van der Waals surface area contributed by atoms with Crippen molar-refractivity contribution < 1.29 is 27.7 Å². The molecular formula is C37H41ClN4O7S. The van der Waals surface area contributed by atoms with Crippen LogP contribution in [0.15, 0.2) is 95.9 Å². The monoisotopic (exact) mass is 720 g/mol. The lowest BCUT2D eigenvalue weighted by molar-refractivity contribution is -0.385. The molecule has 2 amide bonds. The van der Waals surface area contributed by atoms with Crippen LogP contribution in [0.3, 0.4) is 0 Å². The maximum Gasteiger partial charge on any atom is 0.273 e. The highest BCUT2D eigenvalue weighted by molar-refractivity contribution is 7.92. The van der Waals surface area contributed by atoms with E-state index in [1.807, 2.05) is 75.4 Å². The van der Waals surface area contributed by atoms with E-state index < -0.39 is 49.9 Å². The Kier molecular flexibility index (Phi) is 12.6. The summed E-state index contributed by atoms with van der Waals surface area (Å²) in [6.45, 7) is 6.89. The normalized spacial score (nSPS) is 11.9. The number of hydrogen-bond acceptors (Lipinski definition) is 7. The Morgan fingerprint density at radius 1 is 0.940 bits per heavy atom. The number of hydrogen-bond donors (Lipinski definition) is 1. The number of nitro groups is 1. The third-order valence-corrected chi connectivity index (χ3v) is 10.0. The van der Waals surface area contributed by atoms with Crippen LogP contribution in [0.1, 0.15) is 36.1 Å². The number of carbonyl (C=O) groups excluding carboxylic acids is 2. The fraction of sp³-hybridized carbons (Fsp3) is 0.297. The van der Waals surface area contributed by atoms with Gasteiger partial charge in [-0.05, 0) is 55.2 Å². The van der Waals surface area contributed by atoms with E-state index in [-0.39, 0.29) is 40.9 Å².